The maximum Gasteiger partial charge on any atom is 0.178 e. The largest absolute Gasteiger partial charge is 0.497 e. The number of benzene rings is 1. The highest BCUT2D eigenvalue weighted by molar-refractivity contribution is 8.00. The summed E-state index contributed by atoms with van der Waals surface area (Å²) in [5.41, 5.74) is 2.24. The van der Waals surface area contributed by atoms with Crippen LogP contribution in [0.5, 0.6) is 5.75 Å². The predicted octanol–water partition coefficient (Wildman–Crippen LogP) is 4.38. The molecular formula is C15H20N2OS2. The third kappa shape index (κ3) is 2.37. The summed E-state index contributed by atoms with van der Waals surface area (Å²) in [4.78, 5) is 3.31. The minimum Gasteiger partial charge on any atom is -0.497 e. The number of H-pyrrole nitrogens is 1. The first-order valence-corrected chi connectivity index (χ1v) is 8.62. The van der Waals surface area contributed by atoms with E-state index in [2.05, 4.69) is 21.9 Å². The number of thioether (sulfide) groups is 1. The number of hydrogen-bond acceptors (Lipinski definition) is 3. The van der Waals surface area contributed by atoms with Gasteiger partial charge in [0.25, 0.3) is 0 Å². The van der Waals surface area contributed by atoms with Crippen LogP contribution in [0, 0.1) is 4.77 Å². The van der Waals surface area contributed by atoms with Gasteiger partial charge in [-0.15, -0.1) is 0 Å². The van der Waals surface area contributed by atoms with E-state index in [-0.39, 0.29) is 0 Å². The lowest BCUT2D eigenvalue weighted by Gasteiger charge is -2.27. The number of aromatic nitrogens is 2. The topological polar surface area (TPSA) is 29.9 Å². The standard InChI is InChI=1S/C15H20N2OS2/c1-18-11-5-6-13-12(9-11)16-14(19)17(13)10-15(20-2)7-3-4-8-15/h5-6,9H,3-4,7-8,10H2,1-2H3,(H,16,19). The van der Waals surface area contributed by atoms with E-state index in [0.717, 1.165) is 22.6 Å². The van der Waals surface area contributed by atoms with Gasteiger partial charge in [0.1, 0.15) is 5.75 Å². The second-order valence-electron chi connectivity index (χ2n) is 5.49. The molecule has 1 aromatic heterocycles. The first kappa shape index (κ1) is 14.0. The van der Waals surface area contributed by atoms with E-state index >= 15 is 0 Å². The fraction of sp³-hybridized carbons (Fsp3) is 0.533. The summed E-state index contributed by atoms with van der Waals surface area (Å²) >= 11 is 7.52. The molecule has 1 aliphatic rings. The van der Waals surface area contributed by atoms with E-state index in [4.69, 9.17) is 17.0 Å². The van der Waals surface area contributed by atoms with Gasteiger partial charge in [-0.3, -0.25) is 0 Å². The van der Waals surface area contributed by atoms with Gasteiger partial charge in [-0.25, -0.2) is 0 Å². The van der Waals surface area contributed by atoms with E-state index < -0.39 is 0 Å². The van der Waals surface area contributed by atoms with Crippen molar-refractivity contribution < 1.29 is 4.74 Å². The molecule has 20 heavy (non-hydrogen) atoms. The number of aromatic amines is 1. The van der Waals surface area contributed by atoms with Crippen LogP contribution in [0.25, 0.3) is 11.0 Å². The molecule has 0 radical (unpaired) electrons. The number of ether oxygens (including phenoxy) is 1. The van der Waals surface area contributed by atoms with Crippen LogP contribution in [-0.2, 0) is 6.54 Å². The van der Waals surface area contributed by atoms with E-state index in [1.165, 1.54) is 31.2 Å². The van der Waals surface area contributed by atoms with Crippen molar-refractivity contribution in [2.75, 3.05) is 13.4 Å². The molecule has 0 saturated heterocycles. The molecule has 0 unspecified atom stereocenters. The Morgan fingerprint density at radius 3 is 2.80 bits per heavy atom. The Hall–Kier alpha value is -0.940. The van der Waals surface area contributed by atoms with Gasteiger partial charge >= 0.3 is 0 Å². The number of nitrogens with one attached hydrogen (secondary N) is 1. The van der Waals surface area contributed by atoms with Gasteiger partial charge in [-0.1, -0.05) is 12.8 Å². The van der Waals surface area contributed by atoms with Gasteiger partial charge in [0.2, 0.25) is 0 Å². The van der Waals surface area contributed by atoms with Crippen molar-refractivity contribution in [1.82, 2.24) is 9.55 Å². The molecule has 108 valence electrons. The summed E-state index contributed by atoms with van der Waals surface area (Å²) in [6.45, 7) is 0.999. The molecule has 1 fully saturated rings. The number of nitrogens with zero attached hydrogens (tertiary/aromatic N) is 1. The lowest BCUT2D eigenvalue weighted by atomic mass is 10.1. The quantitative estimate of drug-likeness (QED) is 0.850. The first-order valence-electron chi connectivity index (χ1n) is 6.99. The maximum absolute atomic E-state index is 5.52. The lowest BCUT2D eigenvalue weighted by Crippen LogP contribution is -2.26. The number of methoxy groups -OCH3 is 1. The van der Waals surface area contributed by atoms with Crippen molar-refractivity contribution in [3.8, 4) is 5.75 Å². The fourth-order valence-electron chi connectivity index (χ4n) is 3.16. The van der Waals surface area contributed by atoms with Gasteiger partial charge in [0.15, 0.2) is 4.77 Å². The van der Waals surface area contributed by atoms with Gasteiger partial charge in [0, 0.05) is 17.4 Å². The van der Waals surface area contributed by atoms with Crippen LogP contribution in [0.4, 0.5) is 0 Å². The highest BCUT2D eigenvalue weighted by Crippen LogP contribution is 2.42. The Kier molecular flexibility index (Phi) is 3.82. The smallest absolute Gasteiger partial charge is 0.178 e. The Morgan fingerprint density at radius 1 is 1.40 bits per heavy atom. The summed E-state index contributed by atoms with van der Waals surface area (Å²) < 4.78 is 8.70. The summed E-state index contributed by atoms with van der Waals surface area (Å²) in [5.74, 6) is 0.862. The monoisotopic (exact) mass is 308 g/mol. The molecule has 0 aliphatic heterocycles. The average molecular weight is 308 g/mol. The minimum atomic E-state index is 0.354. The molecule has 0 amide bonds. The van der Waals surface area contributed by atoms with Crippen LogP contribution in [0.2, 0.25) is 0 Å². The molecule has 0 atom stereocenters. The van der Waals surface area contributed by atoms with E-state index in [9.17, 15) is 0 Å². The molecule has 3 rings (SSSR count). The molecule has 1 N–H and O–H groups in total. The summed E-state index contributed by atoms with van der Waals surface area (Å²) in [6.07, 6.45) is 7.49. The predicted molar refractivity (Wildman–Crippen MR) is 88.4 cm³/mol. The van der Waals surface area contributed by atoms with Crippen molar-refractivity contribution in [2.45, 2.75) is 37.0 Å². The second kappa shape index (κ2) is 5.45. The van der Waals surface area contributed by atoms with Crippen molar-refractivity contribution in [2.24, 2.45) is 0 Å². The van der Waals surface area contributed by atoms with Gasteiger partial charge in [-0.2, -0.15) is 11.8 Å². The van der Waals surface area contributed by atoms with Gasteiger partial charge < -0.3 is 14.3 Å². The van der Waals surface area contributed by atoms with Crippen LogP contribution in [0.1, 0.15) is 25.7 Å². The molecule has 0 spiro atoms. The van der Waals surface area contributed by atoms with E-state index in [1.54, 1.807) is 7.11 Å². The second-order valence-corrected chi connectivity index (χ2v) is 7.15. The molecule has 5 heteroatoms. The number of rotatable bonds is 4. The zero-order chi connectivity index (χ0) is 14.2. The zero-order valence-electron chi connectivity index (χ0n) is 11.9. The molecule has 2 aromatic rings. The van der Waals surface area contributed by atoms with E-state index in [0.29, 0.717) is 4.75 Å². The average Bonchev–Trinajstić information content (AvgIpc) is 3.05. The third-order valence-corrected chi connectivity index (χ3v) is 6.10. The number of imidazole rings is 1. The Labute approximate surface area is 128 Å². The Morgan fingerprint density at radius 2 is 2.15 bits per heavy atom. The number of hydrogen-bond donors (Lipinski definition) is 1. The normalized spacial score (nSPS) is 17.7. The zero-order valence-corrected chi connectivity index (χ0v) is 13.6. The van der Waals surface area contributed by atoms with Crippen LogP contribution < -0.4 is 4.74 Å². The molecule has 0 bridgehead atoms. The highest BCUT2D eigenvalue weighted by atomic mass is 32.2. The fourth-order valence-corrected chi connectivity index (χ4v) is 4.39. The Bertz CT molecular complexity index is 668. The third-order valence-electron chi connectivity index (χ3n) is 4.38. The van der Waals surface area contributed by atoms with Gasteiger partial charge in [-0.05, 0) is 43.4 Å². The first-order chi connectivity index (χ1) is 9.67. The molecule has 1 aromatic carbocycles. The van der Waals surface area contributed by atoms with Crippen LogP contribution in [0.3, 0.4) is 0 Å². The molecule has 1 saturated carbocycles. The molecule has 3 nitrogen and oxygen atoms in total. The highest BCUT2D eigenvalue weighted by Gasteiger charge is 2.33. The van der Waals surface area contributed by atoms with Crippen molar-refractivity contribution >= 4 is 35.0 Å². The van der Waals surface area contributed by atoms with Crippen molar-refractivity contribution in [3.05, 3.63) is 23.0 Å². The summed E-state index contributed by atoms with van der Waals surface area (Å²) in [7, 11) is 1.69. The van der Waals surface area contributed by atoms with Gasteiger partial charge in [0.05, 0.1) is 18.1 Å². The van der Waals surface area contributed by atoms with Crippen LogP contribution in [0.15, 0.2) is 18.2 Å². The molecule has 1 aliphatic carbocycles. The summed E-state index contributed by atoms with van der Waals surface area (Å²) in [6, 6.07) is 6.12. The van der Waals surface area contributed by atoms with Crippen molar-refractivity contribution in [1.29, 1.82) is 0 Å². The van der Waals surface area contributed by atoms with Crippen LogP contribution >= 0.6 is 24.0 Å². The lowest BCUT2D eigenvalue weighted by molar-refractivity contribution is 0.415. The van der Waals surface area contributed by atoms with Crippen LogP contribution in [-0.4, -0.2) is 27.7 Å². The maximum atomic E-state index is 5.52. The van der Waals surface area contributed by atoms with Crippen molar-refractivity contribution in [3.63, 3.8) is 0 Å². The minimum absolute atomic E-state index is 0.354. The molecule has 1 heterocycles. The molecular weight excluding hydrogens is 288 g/mol. The van der Waals surface area contributed by atoms with E-state index in [1.807, 2.05) is 23.9 Å². The summed E-state index contributed by atoms with van der Waals surface area (Å²) in [5, 5.41) is 0. The SMILES string of the molecule is COc1ccc2c(c1)[nH]c(=S)n2CC1(SC)CCCC1. The number of fused-ring (bicyclic) bond motifs is 1. The Balaban J connectivity index is 2.03.